The third-order valence-corrected chi connectivity index (χ3v) is 3.69. The Labute approximate surface area is 87.9 Å². The average Bonchev–Trinajstić information content (AvgIpc) is 2.49. The lowest BCUT2D eigenvalue weighted by Crippen LogP contribution is -2.45. The molecule has 0 saturated heterocycles. The lowest BCUT2D eigenvalue weighted by atomic mass is 9.76. The summed E-state index contributed by atoms with van der Waals surface area (Å²) in [6.07, 6.45) is 1.65. The standard InChI is InChI=1S/C10H15NO2S/c1-3-13-8-5-10(12,6-8)9-4-7(2)11-14-9/h4,8,12H,3,5-6H2,1-2H3. The summed E-state index contributed by atoms with van der Waals surface area (Å²) in [6, 6.07) is 1.97. The number of hydrogen-bond donors (Lipinski definition) is 1. The normalized spacial score (nSPS) is 31.5. The Morgan fingerprint density at radius 1 is 1.71 bits per heavy atom. The van der Waals surface area contributed by atoms with Gasteiger partial charge in [-0.05, 0) is 31.4 Å². The number of rotatable bonds is 3. The minimum atomic E-state index is -0.661. The first-order valence-electron chi connectivity index (χ1n) is 4.92. The number of aromatic nitrogens is 1. The summed E-state index contributed by atoms with van der Waals surface area (Å²) in [5.74, 6) is 0. The van der Waals surface area contributed by atoms with Crippen LogP contribution in [0.5, 0.6) is 0 Å². The van der Waals surface area contributed by atoms with E-state index < -0.39 is 5.60 Å². The van der Waals surface area contributed by atoms with Crippen molar-refractivity contribution in [2.45, 2.75) is 38.4 Å². The Bertz CT molecular complexity index is 318. The number of aryl methyl sites for hydroxylation is 1. The number of aliphatic hydroxyl groups is 1. The molecule has 1 saturated carbocycles. The molecular weight excluding hydrogens is 198 g/mol. The van der Waals surface area contributed by atoms with Crippen molar-refractivity contribution in [1.29, 1.82) is 0 Å². The fourth-order valence-electron chi connectivity index (χ4n) is 1.83. The van der Waals surface area contributed by atoms with E-state index >= 15 is 0 Å². The van der Waals surface area contributed by atoms with Crippen LogP contribution < -0.4 is 0 Å². The van der Waals surface area contributed by atoms with Crippen LogP contribution in [-0.2, 0) is 10.3 Å². The van der Waals surface area contributed by atoms with Crippen molar-refractivity contribution in [3.8, 4) is 0 Å². The van der Waals surface area contributed by atoms with Gasteiger partial charge in [-0.15, -0.1) is 0 Å². The Kier molecular flexibility index (Phi) is 2.60. The molecule has 1 aliphatic carbocycles. The molecule has 1 aromatic rings. The van der Waals surface area contributed by atoms with Crippen LogP contribution in [0.25, 0.3) is 0 Å². The SMILES string of the molecule is CCOC1CC(O)(c2cc(C)ns2)C1. The Hall–Kier alpha value is -0.450. The van der Waals surface area contributed by atoms with E-state index in [1.54, 1.807) is 0 Å². The molecule has 14 heavy (non-hydrogen) atoms. The van der Waals surface area contributed by atoms with Crippen molar-refractivity contribution in [3.63, 3.8) is 0 Å². The van der Waals surface area contributed by atoms with Gasteiger partial charge in [-0.2, -0.15) is 4.37 Å². The summed E-state index contributed by atoms with van der Waals surface area (Å²) in [6.45, 7) is 4.65. The molecule has 1 aromatic heterocycles. The van der Waals surface area contributed by atoms with Crippen molar-refractivity contribution in [2.24, 2.45) is 0 Å². The Balaban J connectivity index is 2.00. The zero-order valence-corrected chi connectivity index (χ0v) is 9.30. The van der Waals surface area contributed by atoms with E-state index in [1.165, 1.54) is 11.5 Å². The molecule has 1 heterocycles. The van der Waals surface area contributed by atoms with Gasteiger partial charge in [0.25, 0.3) is 0 Å². The molecule has 0 aliphatic heterocycles. The molecule has 2 rings (SSSR count). The highest BCUT2D eigenvalue weighted by molar-refractivity contribution is 7.06. The summed E-state index contributed by atoms with van der Waals surface area (Å²) < 4.78 is 9.60. The molecule has 78 valence electrons. The number of ether oxygens (including phenoxy) is 1. The fourth-order valence-corrected chi connectivity index (χ4v) is 2.69. The molecule has 3 nitrogen and oxygen atoms in total. The molecule has 0 radical (unpaired) electrons. The first-order valence-corrected chi connectivity index (χ1v) is 5.69. The quantitative estimate of drug-likeness (QED) is 0.833. The summed E-state index contributed by atoms with van der Waals surface area (Å²) in [4.78, 5) is 0.978. The van der Waals surface area contributed by atoms with Crippen LogP contribution in [0.1, 0.15) is 30.3 Å². The van der Waals surface area contributed by atoms with Crippen molar-refractivity contribution in [2.75, 3.05) is 6.61 Å². The number of nitrogens with zero attached hydrogens (tertiary/aromatic N) is 1. The maximum absolute atomic E-state index is 10.2. The molecule has 0 bridgehead atoms. The van der Waals surface area contributed by atoms with Crippen LogP contribution >= 0.6 is 11.5 Å². The maximum Gasteiger partial charge on any atom is 0.105 e. The van der Waals surface area contributed by atoms with Gasteiger partial charge in [0, 0.05) is 19.4 Å². The van der Waals surface area contributed by atoms with Crippen LogP contribution in [0.3, 0.4) is 0 Å². The van der Waals surface area contributed by atoms with Crippen LogP contribution in [0.4, 0.5) is 0 Å². The molecule has 1 aliphatic rings. The third-order valence-electron chi connectivity index (χ3n) is 2.62. The molecular formula is C10H15NO2S. The van der Waals surface area contributed by atoms with Gasteiger partial charge in [0.1, 0.15) is 5.60 Å². The van der Waals surface area contributed by atoms with E-state index in [4.69, 9.17) is 4.74 Å². The Morgan fingerprint density at radius 3 is 2.93 bits per heavy atom. The summed E-state index contributed by atoms with van der Waals surface area (Å²) in [5.41, 5.74) is 0.324. The zero-order valence-electron chi connectivity index (χ0n) is 8.49. The highest BCUT2D eigenvalue weighted by Crippen LogP contribution is 2.44. The first kappa shape index (κ1) is 10.1. The lowest BCUT2D eigenvalue weighted by Gasteiger charge is -2.42. The predicted octanol–water partition coefficient (Wildman–Crippen LogP) is 1.84. The van der Waals surface area contributed by atoms with Crippen molar-refractivity contribution in [1.82, 2.24) is 4.37 Å². The van der Waals surface area contributed by atoms with Gasteiger partial charge < -0.3 is 9.84 Å². The topological polar surface area (TPSA) is 42.4 Å². The first-order chi connectivity index (χ1) is 6.64. The molecule has 1 fully saturated rings. The predicted molar refractivity (Wildman–Crippen MR) is 55.4 cm³/mol. The molecule has 0 spiro atoms. The van der Waals surface area contributed by atoms with Crippen LogP contribution in [0.15, 0.2) is 6.07 Å². The van der Waals surface area contributed by atoms with E-state index in [9.17, 15) is 5.11 Å². The average molecular weight is 213 g/mol. The van der Waals surface area contributed by atoms with Gasteiger partial charge >= 0.3 is 0 Å². The largest absolute Gasteiger partial charge is 0.384 e. The lowest BCUT2D eigenvalue weighted by molar-refractivity contribution is -0.140. The van der Waals surface area contributed by atoms with Gasteiger partial charge in [-0.25, -0.2) is 0 Å². The zero-order chi connectivity index (χ0) is 10.2. The van der Waals surface area contributed by atoms with Gasteiger partial charge in [0.2, 0.25) is 0 Å². The maximum atomic E-state index is 10.2. The second-order valence-electron chi connectivity index (χ2n) is 3.85. The molecule has 0 unspecified atom stereocenters. The second-order valence-corrected chi connectivity index (χ2v) is 4.65. The highest BCUT2D eigenvalue weighted by Gasteiger charge is 2.45. The van der Waals surface area contributed by atoms with Gasteiger partial charge in [0.15, 0.2) is 0 Å². The molecule has 0 amide bonds. The van der Waals surface area contributed by atoms with Crippen LogP contribution in [0, 0.1) is 6.92 Å². The van der Waals surface area contributed by atoms with Gasteiger partial charge in [-0.3, -0.25) is 0 Å². The summed E-state index contributed by atoms with van der Waals surface area (Å²) >= 11 is 1.40. The van der Waals surface area contributed by atoms with Crippen molar-refractivity contribution < 1.29 is 9.84 Å². The van der Waals surface area contributed by atoms with Crippen LogP contribution in [0.2, 0.25) is 0 Å². The van der Waals surface area contributed by atoms with E-state index in [0.717, 1.165) is 17.2 Å². The summed E-state index contributed by atoms with van der Waals surface area (Å²) in [7, 11) is 0. The van der Waals surface area contributed by atoms with E-state index in [0.29, 0.717) is 12.8 Å². The van der Waals surface area contributed by atoms with Gasteiger partial charge in [-0.1, -0.05) is 0 Å². The highest BCUT2D eigenvalue weighted by atomic mass is 32.1. The minimum absolute atomic E-state index is 0.229. The molecule has 0 atom stereocenters. The monoisotopic (exact) mass is 213 g/mol. The van der Waals surface area contributed by atoms with E-state index in [1.807, 2.05) is 19.9 Å². The molecule has 0 aromatic carbocycles. The smallest absolute Gasteiger partial charge is 0.105 e. The van der Waals surface area contributed by atoms with Crippen molar-refractivity contribution in [3.05, 3.63) is 16.6 Å². The molecule has 4 heteroatoms. The number of hydrogen-bond acceptors (Lipinski definition) is 4. The van der Waals surface area contributed by atoms with E-state index in [-0.39, 0.29) is 6.10 Å². The fraction of sp³-hybridized carbons (Fsp3) is 0.700. The van der Waals surface area contributed by atoms with Gasteiger partial charge in [0.05, 0.1) is 16.7 Å². The Morgan fingerprint density at radius 2 is 2.43 bits per heavy atom. The van der Waals surface area contributed by atoms with Crippen LogP contribution in [-0.4, -0.2) is 22.2 Å². The second kappa shape index (κ2) is 3.61. The summed E-state index contributed by atoms with van der Waals surface area (Å²) in [5, 5.41) is 10.2. The molecule has 1 N–H and O–H groups in total. The van der Waals surface area contributed by atoms with Crippen molar-refractivity contribution >= 4 is 11.5 Å². The minimum Gasteiger partial charge on any atom is -0.384 e. The van der Waals surface area contributed by atoms with E-state index in [2.05, 4.69) is 4.37 Å². The third kappa shape index (κ3) is 1.69.